The van der Waals surface area contributed by atoms with Crippen LogP contribution in [0.1, 0.15) is 17.5 Å². The van der Waals surface area contributed by atoms with E-state index in [1.165, 1.54) is 32.9 Å². The molecule has 1 aliphatic rings. The molecule has 0 radical (unpaired) electrons. The SMILES string of the molecule is C1=C(c2ccc3ccccc3c2)CCN(Cc2c[nH]c3ncccc23)C1. The van der Waals surface area contributed by atoms with Crippen LogP contribution in [0.4, 0.5) is 0 Å². The number of nitrogens with zero attached hydrogens (tertiary/aromatic N) is 2. The van der Waals surface area contributed by atoms with Gasteiger partial charge in [0.05, 0.1) is 0 Å². The van der Waals surface area contributed by atoms with Crippen LogP contribution in [-0.4, -0.2) is 28.0 Å². The smallest absolute Gasteiger partial charge is 0.137 e. The van der Waals surface area contributed by atoms with Crippen LogP contribution in [0.3, 0.4) is 0 Å². The molecule has 0 spiro atoms. The quantitative estimate of drug-likeness (QED) is 0.569. The fourth-order valence-corrected chi connectivity index (χ4v) is 3.89. The van der Waals surface area contributed by atoms with Gasteiger partial charge in [-0.2, -0.15) is 0 Å². The van der Waals surface area contributed by atoms with Gasteiger partial charge in [-0.1, -0.05) is 42.5 Å². The third-order valence-corrected chi connectivity index (χ3v) is 5.34. The highest BCUT2D eigenvalue weighted by molar-refractivity contribution is 5.86. The zero-order valence-corrected chi connectivity index (χ0v) is 14.7. The summed E-state index contributed by atoms with van der Waals surface area (Å²) in [6.07, 6.45) is 7.42. The molecule has 3 nitrogen and oxygen atoms in total. The molecular formula is C23H21N3. The van der Waals surface area contributed by atoms with E-state index < -0.39 is 0 Å². The fourth-order valence-electron chi connectivity index (χ4n) is 3.89. The van der Waals surface area contributed by atoms with Crippen molar-refractivity contribution in [3.63, 3.8) is 0 Å². The van der Waals surface area contributed by atoms with Crippen molar-refractivity contribution in [3.8, 4) is 0 Å². The van der Waals surface area contributed by atoms with Crippen molar-refractivity contribution in [3.05, 3.63) is 84.2 Å². The number of aromatic nitrogens is 2. The fraction of sp³-hybridized carbons (Fsp3) is 0.174. The van der Waals surface area contributed by atoms with Gasteiger partial charge in [0.2, 0.25) is 0 Å². The number of rotatable bonds is 3. The second-order valence-electron chi connectivity index (χ2n) is 6.99. The average molecular weight is 339 g/mol. The van der Waals surface area contributed by atoms with Gasteiger partial charge in [-0.15, -0.1) is 0 Å². The van der Waals surface area contributed by atoms with E-state index in [2.05, 4.69) is 75.7 Å². The van der Waals surface area contributed by atoms with Gasteiger partial charge in [0.25, 0.3) is 0 Å². The van der Waals surface area contributed by atoms with Gasteiger partial charge < -0.3 is 4.98 Å². The molecule has 0 fully saturated rings. The maximum atomic E-state index is 4.39. The lowest BCUT2D eigenvalue weighted by Crippen LogP contribution is -2.27. The largest absolute Gasteiger partial charge is 0.346 e. The van der Waals surface area contributed by atoms with Crippen molar-refractivity contribution in [1.82, 2.24) is 14.9 Å². The van der Waals surface area contributed by atoms with Crippen LogP contribution < -0.4 is 0 Å². The van der Waals surface area contributed by atoms with Crippen molar-refractivity contribution in [2.75, 3.05) is 13.1 Å². The normalized spacial score (nSPS) is 15.5. The maximum absolute atomic E-state index is 4.39. The minimum Gasteiger partial charge on any atom is -0.346 e. The molecule has 0 amide bonds. The second kappa shape index (κ2) is 6.43. The second-order valence-corrected chi connectivity index (χ2v) is 6.99. The number of hydrogen-bond donors (Lipinski definition) is 1. The first-order valence-corrected chi connectivity index (χ1v) is 9.18. The van der Waals surface area contributed by atoms with Gasteiger partial charge in [-0.25, -0.2) is 4.98 Å². The van der Waals surface area contributed by atoms with Gasteiger partial charge in [-0.3, -0.25) is 4.90 Å². The lowest BCUT2D eigenvalue weighted by molar-refractivity contribution is 0.295. The van der Waals surface area contributed by atoms with Crippen LogP contribution in [-0.2, 0) is 6.54 Å². The summed E-state index contributed by atoms with van der Waals surface area (Å²) in [7, 11) is 0. The van der Waals surface area contributed by atoms with Crippen LogP contribution in [0.15, 0.2) is 73.1 Å². The zero-order chi connectivity index (χ0) is 17.3. The molecule has 128 valence electrons. The monoisotopic (exact) mass is 339 g/mol. The molecule has 26 heavy (non-hydrogen) atoms. The molecule has 0 atom stereocenters. The third-order valence-electron chi connectivity index (χ3n) is 5.34. The average Bonchev–Trinajstić information content (AvgIpc) is 3.11. The number of benzene rings is 2. The minimum atomic E-state index is 0.965. The van der Waals surface area contributed by atoms with Crippen LogP contribution in [0, 0.1) is 0 Å². The first kappa shape index (κ1) is 15.4. The number of pyridine rings is 1. The van der Waals surface area contributed by atoms with Gasteiger partial charge in [0.1, 0.15) is 5.65 Å². The Morgan fingerprint density at radius 3 is 2.81 bits per heavy atom. The number of nitrogens with one attached hydrogen (secondary N) is 1. The van der Waals surface area contributed by atoms with Gasteiger partial charge in [0, 0.05) is 37.4 Å². The van der Waals surface area contributed by atoms with Crippen molar-refractivity contribution in [1.29, 1.82) is 0 Å². The van der Waals surface area contributed by atoms with Crippen molar-refractivity contribution in [2.45, 2.75) is 13.0 Å². The summed E-state index contributed by atoms with van der Waals surface area (Å²) >= 11 is 0. The Morgan fingerprint density at radius 2 is 1.92 bits per heavy atom. The molecule has 5 rings (SSSR count). The van der Waals surface area contributed by atoms with E-state index in [9.17, 15) is 0 Å². The standard InChI is InChI=1S/C23H21N3/c1-2-5-19-14-20(8-7-17(19)4-1)18-9-12-26(13-10-18)16-21-15-25-23-22(21)6-3-11-24-23/h1-9,11,14-15H,10,12-13,16H2,(H,24,25). The summed E-state index contributed by atoms with van der Waals surface area (Å²) in [6, 6.07) is 19.5. The highest BCUT2D eigenvalue weighted by Crippen LogP contribution is 2.27. The van der Waals surface area contributed by atoms with Gasteiger partial charge in [0.15, 0.2) is 0 Å². The summed E-state index contributed by atoms with van der Waals surface area (Å²) in [6.45, 7) is 3.05. The van der Waals surface area contributed by atoms with Gasteiger partial charge >= 0.3 is 0 Å². The number of hydrogen-bond acceptors (Lipinski definition) is 2. The number of fused-ring (bicyclic) bond motifs is 2. The molecule has 0 unspecified atom stereocenters. The number of aromatic amines is 1. The van der Waals surface area contributed by atoms with Crippen LogP contribution in [0.2, 0.25) is 0 Å². The Morgan fingerprint density at radius 1 is 1.00 bits per heavy atom. The molecule has 1 N–H and O–H groups in total. The van der Waals surface area contributed by atoms with E-state index in [4.69, 9.17) is 0 Å². The Kier molecular flexibility index (Phi) is 3.80. The first-order chi connectivity index (χ1) is 12.9. The van der Waals surface area contributed by atoms with Crippen LogP contribution >= 0.6 is 0 Å². The van der Waals surface area contributed by atoms with E-state index in [1.807, 2.05) is 12.3 Å². The van der Waals surface area contributed by atoms with Crippen LogP contribution in [0.5, 0.6) is 0 Å². The van der Waals surface area contributed by atoms with E-state index in [0.29, 0.717) is 0 Å². The molecule has 1 aliphatic heterocycles. The molecule has 0 bridgehead atoms. The number of H-pyrrole nitrogens is 1. The van der Waals surface area contributed by atoms with E-state index >= 15 is 0 Å². The predicted octanol–water partition coefficient (Wildman–Crippen LogP) is 5.01. The third kappa shape index (κ3) is 2.80. The molecule has 0 saturated carbocycles. The molecule has 4 aromatic rings. The molecule has 3 heteroatoms. The lowest BCUT2D eigenvalue weighted by Gasteiger charge is -2.26. The van der Waals surface area contributed by atoms with E-state index in [-0.39, 0.29) is 0 Å². The highest BCUT2D eigenvalue weighted by Gasteiger charge is 2.15. The molecule has 0 aliphatic carbocycles. The van der Waals surface area contributed by atoms with E-state index in [0.717, 1.165) is 31.7 Å². The van der Waals surface area contributed by atoms with Crippen molar-refractivity contribution >= 4 is 27.4 Å². The Bertz CT molecular complexity index is 1110. The first-order valence-electron chi connectivity index (χ1n) is 9.18. The summed E-state index contributed by atoms with van der Waals surface area (Å²) in [5, 5.41) is 3.86. The summed E-state index contributed by atoms with van der Waals surface area (Å²) < 4.78 is 0. The van der Waals surface area contributed by atoms with Crippen molar-refractivity contribution < 1.29 is 0 Å². The van der Waals surface area contributed by atoms with Gasteiger partial charge in [-0.05, 0) is 52.1 Å². The highest BCUT2D eigenvalue weighted by atomic mass is 15.1. The summed E-state index contributed by atoms with van der Waals surface area (Å²) in [4.78, 5) is 10.2. The Labute approximate surface area is 153 Å². The predicted molar refractivity (Wildman–Crippen MR) is 108 cm³/mol. The molecule has 3 heterocycles. The van der Waals surface area contributed by atoms with E-state index in [1.54, 1.807) is 0 Å². The molecule has 2 aromatic heterocycles. The lowest BCUT2D eigenvalue weighted by atomic mass is 9.96. The minimum absolute atomic E-state index is 0.965. The maximum Gasteiger partial charge on any atom is 0.137 e. The topological polar surface area (TPSA) is 31.9 Å². The zero-order valence-electron chi connectivity index (χ0n) is 14.7. The summed E-state index contributed by atoms with van der Waals surface area (Å²) in [5.41, 5.74) is 5.13. The van der Waals surface area contributed by atoms with Crippen LogP contribution in [0.25, 0.3) is 27.4 Å². The summed E-state index contributed by atoms with van der Waals surface area (Å²) in [5.74, 6) is 0. The molecular weight excluding hydrogens is 318 g/mol. The molecule has 0 saturated heterocycles. The Balaban J connectivity index is 1.34. The molecule has 2 aromatic carbocycles. The van der Waals surface area contributed by atoms with Crippen molar-refractivity contribution in [2.24, 2.45) is 0 Å². The Hall–Kier alpha value is -2.91.